The molecule has 0 atom stereocenters. The Morgan fingerprint density at radius 2 is 1.71 bits per heavy atom. The Morgan fingerprint density at radius 1 is 1.00 bits per heavy atom. The maximum atomic E-state index is 12.7. The van der Waals surface area contributed by atoms with Crippen molar-refractivity contribution in [2.75, 3.05) is 0 Å². The summed E-state index contributed by atoms with van der Waals surface area (Å²) in [6, 6.07) is 12.0. The highest BCUT2D eigenvalue weighted by Gasteiger charge is 2.30. The van der Waals surface area contributed by atoms with Crippen molar-refractivity contribution < 1.29 is 13.2 Å². The Morgan fingerprint density at radius 3 is 2.42 bits per heavy atom. The van der Waals surface area contributed by atoms with E-state index in [1.54, 1.807) is 5.38 Å². The zero-order valence-corrected chi connectivity index (χ0v) is 12.9. The molecule has 0 fully saturated rings. The van der Waals surface area contributed by atoms with Gasteiger partial charge >= 0.3 is 6.18 Å². The van der Waals surface area contributed by atoms with Crippen LogP contribution >= 0.6 is 11.3 Å². The average molecular weight is 346 g/mol. The van der Waals surface area contributed by atoms with Crippen LogP contribution in [0.4, 0.5) is 13.2 Å². The van der Waals surface area contributed by atoms with Gasteiger partial charge in [0.1, 0.15) is 5.69 Å². The Hall–Kier alpha value is -2.67. The maximum Gasteiger partial charge on any atom is 0.416 e. The summed E-state index contributed by atoms with van der Waals surface area (Å²) in [5, 5.41) is 6.91. The molecule has 2 aliphatic rings. The fourth-order valence-electron chi connectivity index (χ4n) is 2.57. The SMILES string of the molecule is O=c1c2csc3ccccc3c-2nn1-c1ccc(C(F)(F)F)cc1. The van der Waals surface area contributed by atoms with Gasteiger partial charge in [0.15, 0.2) is 0 Å². The fraction of sp³-hybridized carbons (Fsp3) is 0.0588. The quantitative estimate of drug-likeness (QED) is 0.506. The van der Waals surface area contributed by atoms with Crippen LogP contribution in [0, 0.1) is 0 Å². The van der Waals surface area contributed by atoms with Crippen molar-refractivity contribution in [3.8, 4) is 16.9 Å². The van der Waals surface area contributed by atoms with Crippen LogP contribution in [0.15, 0.2) is 58.7 Å². The van der Waals surface area contributed by atoms with Crippen molar-refractivity contribution in [2.24, 2.45) is 0 Å². The molecule has 0 aliphatic carbocycles. The molecule has 2 heterocycles. The van der Waals surface area contributed by atoms with E-state index in [-0.39, 0.29) is 5.56 Å². The summed E-state index contributed by atoms with van der Waals surface area (Å²) in [6.07, 6.45) is -4.41. The minimum Gasteiger partial charge on any atom is -0.267 e. The normalized spacial score (nSPS) is 12.1. The number of nitrogens with zero attached hydrogens (tertiary/aromatic N) is 2. The average Bonchev–Trinajstić information content (AvgIpc) is 2.92. The Labute approximate surface area is 137 Å². The van der Waals surface area contributed by atoms with Crippen molar-refractivity contribution in [1.29, 1.82) is 0 Å². The van der Waals surface area contributed by atoms with Gasteiger partial charge in [-0.15, -0.1) is 11.3 Å². The molecule has 7 heteroatoms. The molecule has 0 aromatic heterocycles. The lowest BCUT2D eigenvalue weighted by Gasteiger charge is -2.07. The number of alkyl halides is 3. The highest BCUT2D eigenvalue weighted by Crippen LogP contribution is 2.32. The molecular weight excluding hydrogens is 337 g/mol. The molecule has 120 valence electrons. The van der Waals surface area contributed by atoms with Crippen LogP contribution in [0.2, 0.25) is 0 Å². The van der Waals surface area contributed by atoms with Crippen LogP contribution in [0.5, 0.6) is 0 Å². The first-order valence-corrected chi connectivity index (χ1v) is 7.90. The van der Waals surface area contributed by atoms with Crippen LogP contribution in [0.1, 0.15) is 5.56 Å². The first-order valence-electron chi connectivity index (χ1n) is 7.02. The molecule has 2 aromatic rings. The zero-order valence-electron chi connectivity index (χ0n) is 12.0. The van der Waals surface area contributed by atoms with Gasteiger partial charge in [-0.2, -0.15) is 23.0 Å². The van der Waals surface area contributed by atoms with Gasteiger partial charge in [-0.05, 0) is 30.3 Å². The monoisotopic (exact) mass is 346 g/mol. The van der Waals surface area contributed by atoms with E-state index in [0.29, 0.717) is 16.9 Å². The summed E-state index contributed by atoms with van der Waals surface area (Å²) < 4.78 is 40.1. The molecule has 24 heavy (non-hydrogen) atoms. The maximum absolute atomic E-state index is 12.7. The molecule has 3 nitrogen and oxygen atoms in total. The molecule has 0 amide bonds. The molecule has 0 bridgehead atoms. The molecule has 0 saturated carbocycles. The predicted octanol–water partition coefficient (Wildman–Crippen LogP) is 4.57. The third-order valence-corrected chi connectivity index (χ3v) is 4.73. The van der Waals surface area contributed by atoms with E-state index in [1.807, 2.05) is 24.3 Å². The number of hydrogen-bond donors (Lipinski definition) is 0. The highest BCUT2D eigenvalue weighted by atomic mass is 32.1. The van der Waals surface area contributed by atoms with E-state index >= 15 is 0 Å². The Balaban J connectivity index is 1.91. The number of aromatic nitrogens is 2. The number of rotatable bonds is 1. The number of benzene rings is 2. The second-order valence-electron chi connectivity index (χ2n) is 5.26. The Kier molecular flexibility index (Phi) is 3.21. The summed E-state index contributed by atoms with van der Waals surface area (Å²) in [4.78, 5) is 12.5. The van der Waals surface area contributed by atoms with Crippen LogP contribution in [0.3, 0.4) is 0 Å². The predicted molar refractivity (Wildman–Crippen MR) is 86.8 cm³/mol. The zero-order chi connectivity index (χ0) is 16.9. The molecule has 0 unspecified atom stereocenters. The third kappa shape index (κ3) is 2.28. The van der Waals surface area contributed by atoms with Crippen LogP contribution in [0.25, 0.3) is 27.0 Å². The van der Waals surface area contributed by atoms with E-state index in [9.17, 15) is 18.0 Å². The van der Waals surface area contributed by atoms with Gasteiger partial charge < -0.3 is 0 Å². The van der Waals surface area contributed by atoms with Gasteiger partial charge in [0.2, 0.25) is 0 Å². The Bertz CT molecular complexity index is 1060. The number of fused-ring (bicyclic) bond motifs is 3. The van der Waals surface area contributed by atoms with Crippen LogP contribution in [-0.2, 0) is 6.18 Å². The van der Waals surface area contributed by atoms with Crippen molar-refractivity contribution >= 4 is 21.4 Å². The molecular formula is C17H9F3N2OS. The van der Waals surface area contributed by atoms with Gasteiger partial charge in [0.25, 0.3) is 5.56 Å². The minimum absolute atomic E-state index is 0.304. The van der Waals surface area contributed by atoms with Gasteiger partial charge in [-0.1, -0.05) is 18.2 Å². The topological polar surface area (TPSA) is 34.9 Å². The van der Waals surface area contributed by atoms with Gasteiger partial charge in [-0.25, -0.2) is 0 Å². The molecule has 0 spiro atoms. The summed E-state index contributed by atoms with van der Waals surface area (Å²) in [6.45, 7) is 0. The van der Waals surface area contributed by atoms with Crippen molar-refractivity contribution in [3.05, 3.63) is 69.8 Å². The lowest BCUT2D eigenvalue weighted by Crippen LogP contribution is -2.14. The van der Waals surface area contributed by atoms with Crippen molar-refractivity contribution in [2.45, 2.75) is 6.18 Å². The van der Waals surface area contributed by atoms with E-state index in [2.05, 4.69) is 5.10 Å². The first kappa shape index (κ1) is 14.9. The standard InChI is InChI=1S/C17H9F3N2OS/c18-17(19,20)10-5-7-11(8-6-10)22-16(23)13-9-24-14-4-2-1-3-12(14)15(13)21-22/h1-9H. The lowest BCUT2D eigenvalue weighted by atomic mass is 10.1. The molecule has 0 N–H and O–H groups in total. The fourth-order valence-corrected chi connectivity index (χ4v) is 3.48. The van der Waals surface area contributed by atoms with Crippen molar-refractivity contribution in [3.63, 3.8) is 0 Å². The largest absolute Gasteiger partial charge is 0.416 e. The molecule has 2 aliphatic heterocycles. The lowest BCUT2D eigenvalue weighted by molar-refractivity contribution is -0.137. The van der Waals surface area contributed by atoms with Gasteiger partial charge in [-0.3, -0.25) is 4.79 Å². The summed E-state index contributed by atoms with van der Waals surface area (Å²) in [5.74, 6) is 0. The van der Waals surface area contributed by atoms with Crippen LogP contribution in [-0.4, -0.2) is 9.78 Å². The van der Waals surface area contributed by atoms with Crippen LogP contribution < -0.4 is 5.56 Å². The number of halogens is 3. The molecule has 0 saturated heterocycles. The van der Waals surface area contributed by atoms with E-state index < -0.39 is 11.7 Å². The highest BCUT2D eigenvalue weighted by molar-refractivity contribution is 7.17. The third-order valence-electron chi connectivity index (χ3n) is 3.76. The van der Waals surface area contributed by atoms with Crippen molar-refractivity contribution in [1.82, 2.24) is 9.78 Å². The van der Waals surface area contributed by atoms with Gasteiger partial charge in [0, 0.05) is 15.5 Å². The smallest absolute Gasteiger partial charge is 0.267 e. The summed E-state index contributed by atoms with van der Waals surface area (Å²) in [7, 11) is 0. The minimum atomic E-state index is -4.41. The van der Waals surface area contributed by atoms with E-state index in [1.165, 1.54) is 23.5 Å². The first-order chi connectivity index (χ1) is 11.4. The second kappa shape index (κ2) is 5.17. The molecule has 4 rings (SSSR count). The summed E-state index contributed by atoms with van der Waals surface area (Å²) >= 11 is 1.43. The molecule has 2 aromatic carbocycles. The molecule has 0 radical (unpaired) electrons. The van der Waals surface area contributed by atoms with E-state index in [4.69, 9.17) is 0 Å². The summed E-state index contributed by atoms with van der Waals surface area (Å²) in [5.41, 5.74) is 0.209. The van der Waals surface area contributed by atoms with E-state index in [0.717, 1.165) is 26.9 Å². The van der Waals surface area contributed by atoms with Gasteiger partial charge in [0.05, 0.1) is 16.8 Å². The second-order valence-corrected chi connectivity index (χ2v) is 6.17. The number of hydrogen-bond acceptors (Lipinski definition) is 3.